The van der Waals surface area contributed by atoms with Crippen LogP contribution in [0.4, 0.5) is 0 Å². The van der Waals surface area contributed by atoms with Gasteiger partial charge in [0.1, 0.15) is 0 Å². The number of ether oxygens (including phenoxy) is 1. The van der Waals surface area contributed by atoms with E-state index in [1.807, 2.05) is 18.2 Å². The first-order valence-electron chi connectivity index (χ1n) is 8.23. The number of hydrogen-bond acceptors (Lipinski definition) is 6. The zero-order valence-corrected chi connectivity index (χ0v) is 14.1. The summed E-state index contributed by atoms with van der Waals surface area (Å²) in [6.07, 6.45) is 3.18. The molecule has 1 fully saturated rings. The first kappa shape index (κ1) is 17.3. The lowest BCUT2D eigenvalue weighted by atomic mass is 10.0. The smallest absolute Gasteiger partial charge is 0.251 e. The zero-order valence-electron chi connectivity index (χ0n) is 14.1. The van der Waals surface area contributed by atoms with Gasteiger partial charge < -0.3 is 15.2 Å². The molecule has 1 aliphatic rings. The molecule has 0 aliphatic carbocycles. The van der Waals surface area contributed by atoms with Crippen molar-refractivity contribution >= 4 is 5.91 Å². The van der Waals surface area contributed by atoms with Crippen molar-refractivity contribution in [2.24, 2.45) is 5.92 Å². The molecule has 2 aromatic rings. The molecule has 132 valence electrons. The number of amides is 1. The standard InChI is InChI=1S/C18H22N4O3/c1-25-17-4-2-3-15(20-17)10-22-9-14(12-23)16(11-22)21-18(24)13-5-7-19-8-6-13/h2-8,14,16,23H,9-12H2,1H3,(H,21,24)/t14-,16+/m0/s1. The van der Waals surface area contributed by atoms with E-state index < -0.39 is 0 Å². The fourth-order valence-electron chi connectivity index (χ4n) is 3.08. The highest BCUT2D eigenvalue weighted by molar-refractivity contribution is 5.94. The van der Waals surface area contributed by atoms with E-state index in [0.717, 1.165) is 5.69 Å². The summed E-state index contributed by atoms with van der Waals surface area (Å²) in [6, 6.07) is 8.91. The largest absolute Gasteiger partial charge is 0.481 e. The van der Waals surface area contributed by atoms with Crippen LogP contribution in [-0.4, -0.2) is 58.7 Å². The molecular formula is C18H22N4O3. The molecule has 0 aromatic carbocycles. The molecule has 7 nitrogen and oxygen atoms in total. The lowest BCUT2D eigenvalue weighted by Gasteiger charge is -2.18. The number of carbonyl (C=O) groups excluding carboxylic acids is 1. The topological polar surface area (TPSA) is 87.6 Å². The van der Waals surface area contributed by atoms with Crippen molar-refractivity contribution in [2.45, 2.75) is 12.6 Å². The zero-order chi connectivity index (χ0) is 17.6. The summed E-state index contributed by atoms with van der Waals surface area (Å²) >= 11 is 0. The van der Waals surface area contributed by atoms with Gasteiger partial charge in [-0.15, -0.1) is 0 Å². The normalized spacial score (nSPS) is 20.4. The minimum atomic E-state index is -0.146. The predicted molar refractivity (Wildman–Crippen MR) is 92.1 cm³/mol. The van der Waals surface area contributed by atoms with Crippen molar-refractivity contribution in [2.75, 3.05) is 26.8 Å². The lowest BCUT2D eigenvalue weighted by Crippen LogP contribution is -2.41. The van der Waals surface area contributed by atoms with Gasteiger partial charge in [0, 0.05) is 62.2 Å². The molecule has 3 heterocycles. The Labute approximate surface area is 146 Å². The minimum absolute atomic E-state index is 0.00334. The molecule has 2 aromatic heterocycles. The van der Waals surface area contributed by atoms with Crippen LogP contribution < -0.4 is 10.1 Å². The van der Waals surface area contributed by atoms with Gasteiger partial charge in [-0.1, -0.05) is 6.07 Å². The third kappa shape index (κ3) is 4.32. The molecule has 3 rings (SSSR count). The summed E-state index contributed by atoms with van der Waals surface area (Å²) in [5.74, 6) is 0.432. The molecule has 0 radical (unpaired) electrons. The van der Waals surface area contributed by atoms with E-state index in [4.69, 9.17) is 4.74 Å². The number of nitrogens with zero attached hydrogens (tertiary/aromatic N) is 3. The molecule has 0 spiro atoms. The first-order valence-corrected chi connectivity index (χ1v) is 8.23. The summed E-state index contributed by atoms with van der Waals surface area (Å²) in [6.45, 7) is 2.05. The lowest BCUT2D eigenvalue weighted by molar-refractivity contribution is 0.0921. The number of carbonyl (C=O) groups is 1. The second-order valence-corrected chi connectivity index (χ2v) is 6.12. The summed E-state index contributed by atoms with van der Waals surface area (Å²) in [7, 11) is 1.59. The maximum Gasteiger partial charge on any atom is 0.251 e. The maximum atomic E-state index is 12.3. The Morgan fingerprint density at radius 2 is 2.12 bits per heavy atom. The number of pyridine rings is 2. The first-order chi connectivity index (χ1) is 12.2. The minimum Gasteiger partial charge on any atom is -0.481 e. The van der Waals surface area contributed by atoms with Crippen LogP contribution >= 0.6 is 0 Å². The van der Waals surface area contributed by atoms with Crippen molar-refractivity contribution in [3.05, 3.63) is 54.0 Å². The van der Waals surface area contributed by atoms with Crippen LogP contribution in [0.25, 0.3) is 0 Å². The monoisotopic (exact) mass is 342 g/mol. The van der Waals surface area contributed by atoms with Crippen LogP contribution in [0.5, 0.6) is 5.88 Å². The molecule has 0 unspecified atom stereocenters. The summed E-state index contributed by atoms with van der Waals surface area (Å²) in [4.78, 5) is 22.9. The predicted octanol–water partition coefficient (Wildman–Crippen LogP) is 0.708. The number of aliphatic hydroxyl groups excluding tert-OH is 1. The van der Waals surface area contributed by atoms with E-state index >= 15 is 0 Å². The van der Waals surface area contributed by atoms with Gasteiger partial charge in [0.15, 0.2) is 0 Å². The summed E-state index contributed by atoms with van der Waals surface area (Å²) in [5, 5.41) is 12.7. The van der Waals surface area contributed by atoms with Gasteiger partial charge in [-0.25, -0.2) is 4.98 Å². The molecule has 1 saturated heterocycles. The Kier molecular flexibility index (Phi) is 5.57. The quantitative estimate of drug-likeness (QED) is 0.804. The van der Waals surface area contributed by atoms with E-state index in [1.54, 1.807) is 31.6 Å². The third-order valence-corrected chi connectivity index (χ3v) is 4.39. The number of aliphatic hydroxyl groups is 1. The Morgan fingerprint density at radius 3 is 2.84 bits per heavy atom. The molecule has 0 saturated carbocycles. The van der Waals surface area contributed by atoms with Gasteiger partial charge in [0.2, 0.25) is 5.88 Å². The van der Waals surface area contributed by atoms with Gasteiger partial charge in [-0.05, 0) is 18.2 Å². The maximum absolute atomic E-state index is 12.3. The van der Waals surface area contributed by atoms with Gasteiger partial charge in [0.05, 0.1) is 12.8 Å². The summed E-state index contributed by atoms with van der Waals surface area (Å²) < 4.78 is 5.15. The molecule has 2 atom stereocenters. The molecular weight excluding hydrogens is 320 g/mol. The molecule has 0 bridgehead atoms. The number of rotatable bonds is 6. The van der Waals surface area contributed by atoms with E-state index in [9.17, 15) is 9.90 Å². The highest BCUT2D eigenvalue weighted by Crippen LogP contribution is 2.20. The van der Waals surface area contributed by atoms with Crippen LogP contribution in [0.2, 0.25) is 0 Å². The SMILES string of the molecule is COc1cccc(CN2C[C@@H](CO)[C@H](NC(=O)c3ccncc3)C2)n1. The van der Waals surface area contributed by atoms with Crippen molar-refractivity contribution in [3.8, 4) is 5.88 Å². The highest BCUT2D eigenvalue weighted by Gasteiger charge is 2.33. The Balaban J connectivity index is 1.63. The summed E-state index contributed by atoms with van der Waals surface area (Å²) in [5.41, 5.74) is 1.47. The second-order valence-electron chi connectivity index (χ2n) is 6.12. The van der Waals surface area contributed by atoms with Gasteiger partial charge in [-0.3, -0.25) is 14.7 Å². The van der Waals surface area contributed by atoms with E-state index in [0.29, 0.717) is 31.1 Å². The average Bonchev–Trinajstić information content (AvgIpc) is 3.03. The molecule has 1 aliphatic heterocycles. The molecule has 7 heteroatoms. The highest BCUT2D eigenvalue weighted by atomic mass is 16.5. The van der Waals surface area contributed by atoms with E-state index in [-0.39, 0.29) is 24.5 Å². The van der Waals surface area contributed by atoms with E-state index in [1.165, 1.54) is 0 Å². The average molecular weight is 342 g/mol. The van der Waals surface area contributed by atoms with Crippen molar-refractivity contribution in [1.29, 1.82) is 0 Å². The number of likely N-dealkylation sites (tertiary alicyclic amines) is 1. The van der Waals surface area contributed by atoms with Crippen molar-refractivity contribution in [1.82, 2.24) is 20.2 Å². The number of methoxy groups -OCH3 is 1. The third-order valence-electron chi connectivity index (χ3n) is 4.39. The number of hydrogen-bond donors (Lipinski definition) is 2. The van der Waals surface area contributed by atoms with Crippen LogP contribution in [0, 0.1) is 5.92 Å². The van der Waals surface area contributed by atoms with Crippen LogP contribution in [0.3, 0.4) is 0 Å². The molecule has 1 amide bonds. The fraction of sp³-hybridized carbons (Fsp3) is 0.389. The Bertz CT molecular complexity index is 710. The van der Waals surface area contributed by atoms with Crippen molar-refractivity contribution < 1.29 is 14.6 Å². The Hall–Kier alpha value is -2.51. The van der Waals surface area contributed by atoms with E-state index in [2.05, 4.69) is 20.2 Å². The second kappa shape index (κ2) is 8.04. The van der Waals surface area contributed by atoms with Gasteiger partial charge in [0.25, 0.3) is 5.91 Å². The van der Waals surface area contributed by atoms with Crippen LogP contribution in [0.1, 0.15) is 16.1 Å². The van der Waals surface area contributed by atoms with Gasteiger partial charge in [-0.2, -0.15) is 0 Å². The molecule has 25 heavy (non-hydrogen) atoms. The number of aromatic nitrogens is 2. The van der Waals surface area contributed by atoms with Crippen LogP contribution in [-0.2, 0) is 6.54 Å². The number of nitrogens with one attached hydrogen (secondary N) is 1. The van der Waals surface area contributed by atoms with Crippen molar-refractivity contribution in [3.63, 3.8) is 0 Å². The Morgan fingerprint density at radius 1 is 1.32 bits per heavy atom. The fourth-order valence-corrected chi connectivity index (χ4v) is 3.08. The van der Waals surface area contributed by atoms with Gasteiger partial charge >= 0.3 is 0 Å². The van der Waals surface area contributed by atoms with Crippen LogP contribution in [0.15, 0.2) is 42.7 Å². The molecule has 2 N–H and O–H groups in total.